The van der Waals surface area contributed by atoms with Gasteiger partial charge in [-0.05, 0) is 105 Å². The van der Waals surface area contributed by atoms with Gasteiger partial charge in [-0.15, -0.1) is 0 Å². The van der Waals surface area contributed by atoms with Gasteiger partial charge in [-0.3, -0.25) is 4.90 Å². The van der Waals surface area contributed by atoms with Crippen molar-refractivity contribution in [2.24, 2.45) is 17.8 Å². The van der Waals surface area contributed by atoms with E-state index in [1.165, 1.54) is 44.1 Å². The molecule has 3 aliphatic heterocycles. The monoisotopic (exact) mass is 583 g/mol. The van der Waals surface area contributed by atoms with Gasteiger partial charge in [-0.1, -0.05) is 24.3 Å². The molecule has 0 spiro atoms. The number of carbonyl (C=O) groups excluding carboxylic acids is 2. The molecule has 7 aliphatic rings. The Bertz CT molecular complexity index is 1310. The average Bonchev–Trinajstić information content (AvgIpc) is 3.03. The number of fused-ring (bicyclic) bond motifs is 1. The van der Waals surface area contributed by atoms with Crippen molar-refractivity contribution in [2.75, 3.05) is 62.3 Å². The lowest BCUT2D eigenvalue weighted by Gasteiger charge is -2.57. The maximum atomic E-state index is 13.8. The zero-order chi connectivity index (χ0) is 29.0. The minimum Gasteiger partial charge on any atom is -0.378 e. The van der Waals surface area contributed by atoms with Crippen LogP contribution in [0.5, 0.6) is 0 Å². The number of rotatable bonds is 3. The van der Waals surface area contributed by atoms with E-state index in [9.17, 15) is 9.59 Å². The highest BCUT2D eigenvalue weighted by atomic mass is 16.5. The number of amides is 4. The number of piperidine rings is 1. The van der Waals surface area contributed by atoms with Crippen LogP contribution in [0.25, 0.3) is 0 Å². The zero-order valence-electron chi connectivity index (χ0n) is 25.3. The highest BCUT2D eigenvalue weighted by Gasteiger charge is 2.52. The Kier molecular flexibility index (Phi) is 7.00. The summed E-state index contributed by atoms with van der Waals surface area (Å²) in [6.07, 6.45) is 9.63. The third-order valence-electron chi connectivity index (χ3n) is 11.4. The first-order chi connectivity index (χ1) is 21.0. The molecular weight excluding hydrogens is 538 g/mol. The number of ether oxygens (including phenoxy) is 1. The van der Waals surface area contributed by atoms with Gasteiger partial charge in [0, 0.05) is 50.5 Å². The van der Waals surface area contributed by atoms with Crippen LogP contribution in [-0.2, 0) is 4.74 Å². The van der Waals surface area contributed by atoms with E-state index in [0.717, 1.165) is 67.3 Å². The van der Waals surface area contributed by atoms with E-state index in [4.69, 9.17) is 4.74 Å². The van der Waals surface area contributed by atoms with Crippen molar-refractivity contribution in [3.8, 4) is 0 Å². The maximum absolute atomic E-state index is 13.8. The van der Waals surface area contributed by atoms with Crippen molar-refractivity contribution in [1.29, 1.82) is 0 Å². The molecule has 2 aromatic carbocycles. The largest absolute Gasteiger partial charge is 0.378 e. The van der Waals surface area contributed by atoms with Gasteiger partial charge >= 0.3 is 12.1 Å². The van der Waals surface area contributed by atoms with Crippen molar-refractivity contribution in [1.82, 2.24) is 15.1 Å². The number of morpholine rings is 1. The van der Waals surface area contributed by atoms with Crippen LogP contribution in [0.15, 0.2) is 48.5 Å². The summed E-state index contributed by atoms with van der Waals surface area (Å²) in [6.45, 7) is 5.74. The summed E-state index contributed by atoms with van der Waals surface area (Å²) in [5.41, 5.74) is 4.62. The molecule has 8 nitrogen and oxygen atoms in total. The van der Waals surface area contributed by atoms with Crippen LogP contribution in [-0.4, -0.2) is 79.9 Å². The number of hydrogen-bond donors (Lipinski definition) is 1. The summed E-state index contributed by atoms with van der Waals surface area (Å²) in [5.74, 6) is 2.90. The number of nitrogens with one attached hydrogen (secondary N) is 1. The van der Waals surface area contributed by atoms with Crippen LogP contribution in [0.3, 0.4) is 0 Å². The van der Waals surface area contributed by atoms with E-state index in [1.807, 2.05) is 20.8 Å². The Morgan fingerprint density at radius 2 is 1.33 bits per heavy atom. The van der Waals surface area contributed by atoms with Crippen LogP contribution in [0.1, 0.15) is 62.8 Å². The molecule has 0 atom stereocenters. The third kappa shape index (κ3) is 5.15. The molecule has 3 heterocycles. The van der Waals surface area contributed by atoms with Crippen LogP contribution in [0, 0.1) is 17.8 Å². The Labute approximate surface area is 255 Å². The number of urea groups is 2. The first kappa shape index (κ1) is 27.3. The van der Waals surface area contributed by atoms with Crippen molar-refractivity contribution in [2.45, 2.75) is 62.8 Å². The molecule has 1 N–H and O–H groups in total. The Morgan fingerprint density at radius 3 is 1.98 bits per heavy atom. The summed E-state index contributed by atoms with van der Waals surface area (Å²) in [6, 6.07) is 17.6. The van der Waals surface area contributed by atoms with Gasteiger partial charge in [0.05, 0.1) is 24.6 Å². The molecule has 9 rings (SSSR count). The molecule has 4 aliphatic carbocycles. The fraction of sp³-hybridized carbons (Fsp3) is 0.600. The van der Waals surface area contributed by atoms with Crippen molar-refractivity contribution < 1.29 is 14.3 Å². The van der Waals surface area contributed by atoms with E-state index < -0.39 is 0 Å². The predicted molar refractivity (Wildman–Crippen MR) is 168 cm³/mol. The lowest BCUT2D eigenvalue weighted by atomic mass is 9.53. The molecule has 4 bridgehead atoms. The molecule has 228 valence electrons. The van der Waals surface area contributed by atoms with Gasteiger partial charge in [-0.25, -0.2) is 9.59 Å². The first-order valence-corrected chi connectivity index (χ1v) is 16.7. The van der Waals surface area contributed by atoms with Crippen LogP contribution >= 0.6 is 0 Å². The van der Waals surface area contributed by atoms with E-state index in [1.54, 1.807) is 0 Å². The normalized spacial score (nSPS) is 30.4. The number of benzene rings is 2. The minimum atomic E-state index is 0.0136. The number of para-hydroxylation sites is 2. The number of nitrogens with zero attached hydrogens (tertiary/aromatic N) is 4. The SMILES string of the molecule is O=C(N1CCOCC1)N1CCC(c2ccc(N3CCN(C(=O)NC45CC6CC(CC(C6)C4)C5)c4ccccc43)cc2)CC1. The summed E-state index contributed by atoms with van der Waals surface area (Å²) in [5, 5.41) is 3.60. The Hall–Kier alpha value is -3.26. The molecule has 43 heavy (non-hydrogen) atoms. The molecule has 0 unspecified atom stereocenters. The summed E-state index contributed by atoms with van der Waals surface area (Å²) < 4.78 is 5.41. The fourth-order valence-corrected chi connectivity index (χ4v) is 9.68. The molecular formula is C35H45N5O3. The lowest BCUT2D eigenvalue weighted by Crippen LogP contribution is -2.62. The van der Waals surface area contributed by atoms with Gasteiger partial charge in [0.2, 0.25) is 0 Å². The molecule has 0 aromatic heterocycles. The zero-order valence-corrected chi connectivity index (χ0v) is 25.3. The second-order valence-electron chi connectivity index (χ2n) is 14.2. The van der Waals surface area contributed by atoms with Gasteiger partial charge in [0.15, 0.2) is 0 Å². The number of hydrogen-bond acceptors (Lipinski definition) is 4. The Balaban J connectivity index is 0.927. The van der Waals surface area contributed by atoms with E-state index in [2.05, 4.69) is 52.7 Å². The summed E-state index contributed by atoms with van der Waals surface area (Å²) in [4.78, 5) is 35.0. The molecule has 4 amide bonds. The van der Waals surface area contributed by atoms with E-state index >= 15 is 0 Å². The lowest BCUT2D eigenvalue weighted by molar-refractivity contribution is -0.0131. The van der Waals surface area contributed by atoms with Crippen LogP contribution in [0.2, 0.25) is 0 Å². The molecule has 2 aromatic rings. The van der Waals surface area contributed by atoms with Crippen molar-refractivity contribution >= 4 is 29.1 Å². The second-order valence-corrected chi connectivity index (χ2v) is 14.2. The van der Waals surface area contributed by atoms with E-state index in [0.29, 0.717) is 38.8 Å². The smallest absolute Gasteiger partial charge is 0.322 e. The van der Waals surface area contributed by atoms with Crippen molar-refractivity contribution in [3.05, 3.63) is 54.1 Å². The van der Waals surface area contributed by atoms with Gasteiger partial charge < -0.3 is 24.8 Å². The fourth-order valence-electron chi connectivity index (χ4n) is 9.68. The van der Waals surface area contributed by atoms with E-state index in [-0.39, 0.29) is 17.6 Å². The Morgan fingerprint density at radius 1 is 0.721 bits per heavy atom. The molecule has 6 fully saturated rings. The predicted octanol–water partition coefficient (Wildman–Crippen LogP) is 5.95. The highest BCUT2D eigenvalue weighted by molar-refractivity contribution is 5.98. The topological polar surface area (TPSA) is 68.4 Å². The molecule has 2 saturated heterocycles. The number of likely N-dealkylation sites (tertiary alicyclic amines) is 1. The molecule has 0 radical (unpaired) electrons. The third-order valence-corrected chi connectivity index (χ3v) is 11.4. The van der Waals surface area contributed by atoms with Gasteiger partial charge in [-0.2, -0.15) is 0 Å². The number of anilines is 3. The van der Waals surface area contributed by atoms with Gasteiger partial charge in [0.25, 0.3) is 0 Å². The highest BCUT2D eigenvalue weighted by Crippen LogP contribution is 2.55. The first-order valence-electron chi connectivity index (χ1n) is 16.7. The van der Waals surface area contributed by atoms with Crippen LogP contribution < -0.4 is 15.1 Å². The quantitative estimate of drug-likeness (QED) is 0.485. The summed E-state index contributed by atoms with van der Waals surface area (Å²) >= 11 is 0. The second kappa shape index (κ2) is 11.0. The standard InChI is InChI=1S/C35H45N5O3/c41-33(36-35-22-25-19-26(23-35)21-27(20-25)24-35)40-14-13-39(31-3-1-2-4-32(31)40)30-7-5-28(6-8-30)29-9-11-37(12-10-29)34(42)38-15-17-43-18-16-38/h1-8,25-27,29H,9-24H2,(H,36,41). The minimum absolute atomic E-state index is 0.0136. The van der Waals surface area contributed by atoms with Gasteiger partial charge in [0.1, 0.15) is 0 Å². The molecule has 8 heteroatoms. The van der Waals surface area contributed by atoms with Crippen molar-refractivity contribution in [3.63, 3.8) is 0 Å². The maximum Gasteiger partial charge on any atom is 0.322 e. The molecule has 4 saturated carbocycles. The average molecular weight is 584 g/mol. The summed E-state index contributed by atoms with van der Waals surface area (Å²) in [7, 11) is 0. The van der Waals surface area contributed by atoms with Crippen LogP contribution in [0.4, 0.5) is 26.7 Å². The number of carbonyl (C=O) groups is 2.